The van der Waals surface area contributed by atoms with E-state index in [0.717, 1.165) is 35.6 Å². The zero-order valence-corrected chi connectivity index (χ0v) is 17.7. The Labute approximate surface area is 175 Å². The molecule has 1 amide bonds. The maximum absolute atomic E-state index is 12.9. The normalized spacial score (nSPS) is 16.5. The molecule has 28 heavy (non-hydrogen) atoms. The number of carbonyl (C=O) groups is 1. The van der Waals surface area contributed by atoms with Crippen molar-refractivity contribution in [3.8, 4) is 11.1 Å². The Bertz CT molecular complexity index is 1010. The van der Waals surface area contributed by atoms with Gasteiger partial charge in [-0.1, -0.05) is 58.3 Å². The number of benzene rings is 1. The molecule has 3 aromatic rings. The molecule has 3 heterocycles. The molecule has 1 aliphatic heterocycles. The summed E-state index contributed by atoms with van der Waals surface area (Å²) in [5, 5.41) is 3.23. The number of rotatable bonds is 7. The quantitative estimate of drug-likeness (QED) is 0.425. The topological polar surface area (TPSA) is 64.0 Å². The SMILES string of the molecule is O=C(CCCCC1CCSS1)Nn1cnc2scc(-c3ccccc3)c2c1=O. The summed E-state index contributed by atoms with van der Waals surface area (Å²) in [6.07, 6.45) is 6.14. The molecule has 1 N–H and O–H groups in total. The van der Waals surface area contributed by atoms with E-state index < -0.39 is 0 Å². The molecule has 0 aliphatic carbocycles. The van der Waals surface area contributed by atoms with Gasteiger partial charge in [0.2, 0.25) is 5.91 Å². The van der Waals surface area contributed by atoms with Gasteiger partial charge in [-0.25, -0.2) is 9.66 Å². The number of unbranched alkanes of at least 4 members (excludes halogenated alkanes) is 1. The predicted molar refractivity (Wildman–Crippen MR) is 121 cm³/mol. The molecule has 0 bridgehead atoms. The minimum Gasteiger partial charge on any atom is -0.273 e. The smallest absolute Gasteiger partial charge is 0.273 e. The molecule has 1 saturated heterocycles. The number of nitrogens with zero attached hydrogens (tertiary/aromatic N) is 2. The van der Waals surface area contributed by atoms with Crippen LogP contribution in [0, 0.1) is 0 Å². The van der Waals surface area contributed by atoms with E-state index in [9.17, 15) is 9.59 Å². The van der Waals surface area contributed by atoms with E-state index >= 15 is 0 Å². The summed E-state index contributed by atoms with van der Waals surface area (Å²) in [6, 6.07) is 9.77. The van der Waals surface area contributed by atoms with Crippen LogP contribution in [-0.2, 0) is 4.79 Å². The predicted octanol–water partition coefficient (Wildman–Crippen LogP) is 4.91. The van der Waals surface area contributed by atoms with Crippen LogP contribution in [0.4, 0.5) is 0 Å². The zero-order chi connectivity index (χ0) is 19.3. The second kappa shape index (κ2) is 9.15. The molecule has 2 aromatic heterocycles. The van der Waals surface area contributed by atoms with Gasteiger partial charge >= 0.3 is 0 Å². The van der Waals surface area contributed by atoms with Crippen molar-refractivity contribution in [2.45, 2.75) is 37.4 Å². The zero-order valence-electron chi connectivity index (χ0n) is 15.3. The van der Waals surface area contributed by atoms with Gasteiger partial charge in [-0.15, -0.1) is 11.3 Å². The van der Waals surface area contributed by atoms with Gasteiger partial charge in [0, 0.05) is 28.4 Å². The number of carbonyl (C=O) groups excluding carboxylic acids is 1. The first kappa shape index (κ1) is 19.5. The lowest BCUT2D eigenvalue weighted by atomic mass is 10.1. The van der Waals surface area contributed by atoms with Crippen molar-refractivity contribution in [1.29, 1.82) is 0 Å². The van der Waals surface area contributed by atoms with E-state index in [1.807, 2.05) is 57.3 Å². The summed E-state index contributed by atoms with van der Waals surface area (Å²) in [5.41, 5.74) is 4.29. The highest BCUT2D eigenvalue weighted by molar-refractivity contribution is 8.77. The van der Waals surface area contributed by atoms with Crippen molar-refractivity contribution in [2.24, 2.45) is 0 Å². The van der Waals surface area contributed by atoms with Crippen molar-refractivity contribution < 1.29 is 4.79 Å². The van der Waals surface area contributed by atoms with Crippen molar-refractivity contribution in [2.75, 3.05) is 11.2 Å². The maximum Gasteiger partial charge on any atom is 0.281 e. The maximum atomic E-state index is 12.9. The van der Waals surface area contributed by atoms with Crippen molar-refractivity contribution >= 4 is 49.0 Å². The van der Waals surface area contributed by atoms with Gasteiger partial charge in [0.25, 0.3) is 5.56 Å². The lowest BCUT2D eigenvalue weighted by Crippen LogP contribution is -2.33. The molecule has 1 aliphatic rings. The highest BCUT2D eigenvalue weighted by Gasteiger charge is 2.16. The van der Waals surface area contributed by atoms with Crippen LogP contribution in [-0.4, -0.2) is 26.6 Å². The highest BCUT2D eigenvalue weighted by Crippen LogP contribution is 2.39. The molecule has 0 radical (unpaired) electrons. The number of aromatic nitrogens is 2. The standard InChI is InChI=1S/C20H21N3O2S3/c24-17(9-5-4-8-15-10-11-27-28-15)22-23-13-21-19-18(20(23)25)16(12-26-19)14-6-2-1-3-7-14/h1-3,6-7,12-13,15H,4-5,8-11H2,(H,22,24). The number of hydrogen-bond acceptors (Lipinski definition) is 6. The molecule has 8 heteroatoms. The summed E-state index contributed by atoms with van der Waals surface area (Å²) in [4.78, 5) is 30.3. The summed E-state index contributed by atoms with van der Waals surface area (Å²) < 4.78 is 1.22. The van der Waals surface area contributed by atoms with Crippen LogP contribution in [0.5, 0.6) is 0 Å². The van der Waals surface area contributed by atoms with E-state index in [1.165, 1.54) is 34.5 Å². The fourth-order valence-corrected chi connectivity index (χ4v) is 7.19. The third-order valence-corrected chi connectivity index (χ3v) is 8.63. The lowest BCUT2D eigenvalue weighted by molar-refractivity contribution is -0.117. The second-order valence-electron chi connectivity index (χ2n) is 6.72. The lowest BCUT2D eigenvalue weighted by Gasteiger charge is -2.09. The Kier molecular flexibility index (Phi) is 6.39. The molecule has 1 unspecified atom stereocenters. The molecular weight excluding hydrogens is 410 g/mol. The van der Waals surface area contributed by atoms with E-state index in [4.69, 9.17) is 0 Å². The Morgan fingerprint density at radius 2 is 2.11 bits per heavy atom. The van der Waals surface area contributed by atoms with Crippen LogP contribution in [0.15, 0.2) is 46.8 Å². The number of hydrogen-bond donors (Lipinski definition) is 1. The third kappa shape index (κ3) is 4.45. The van der Waals surface area contributed by atoms with Crippen LogP contribution >= 0.6 is 32.9 Å². The molecule has 1 aromatic carbocycles. The minimum atomic E-state index is -0.238. The summed E-state index contributed by atoms with van der Waals surface area (Å²) in [6.45, 7) is 0. The largest absolute Gasteiger partial charge is 0.281 e. The molecule has 1 fully saturated rings. The fraction of sp³-hybridized carbons (Fsp3) is 0.350. The van der Waals surface area contributed by atoms with Crippen molar-refractivity contribution in [1.82, 2.24) is 9.66 Å². The van der Waals surface area contributed by atoms with Crippen LogP contribution < -0.4 is 11.0 Å². The van der Waals surface area contributed by atoms with Crippen LogP contribution in [0.1, 0.15) is 32.1 Å². The van der Waals surface area contributed by atoms with E-state index in [2.05, 4.69) is 10.4 Å². The molecule has 4 rings (SSSR count). The average Bonchev–Trinajstić information content (AvgIpc) is 3.38. The Balaban J connectivity index is 1.43. The van der Waals surface area contributed by atoms with Crippen molar-refractivity contribution in [3.05, 3.63) is 52.4 Å². The minimum absolute atomic E-state index is 0.145. The summed E-state index contributed by atoms with van der Waals surface area (Å²) >= 11 is 1.44. The first-order valence-corrected chi connectivity index (χ1v) is 12.6. The average molecular weight is 432 g/mol. The van der Waals surface area contributed by atoms with Gasteiger partial charge in [-0.2, -0.15) is 0 Å². The number of nitrogens with one attached hydrogen (secondary N) is 1. The molecule has 5 nitrogen and oxygen atoms in total. The Morgan fingerprint density at radius 3 is 2.89 bits per heavy atom. The first-order valence-electron chi connectivity index (χ1n) is 9.35. The van der Waals surface area contributed by atoms with Gasteiger partial charge in [0.1, 0.15) is 11.2 Å². The monoisotopic (exact) mass is 431 g/mol. The Morgan fingerprint density at radius 1 is 1.25 bits per heavy atom. The first-order chi connectivity index (χ1) is 13.7. The molecule has 0 saturated carbocycles. The van der Waals surface area contributed by atoms with Gasteiger partial charge in [-0.05, 0) is 24.8 Å². The van der Waals surface area contributed by atoms with Crippen LogP contribution in [0.3, 0.4) is 0 Å². The van der Waals surface area contributed by atoms with Gasteiger partial charge in [0.05, 0.1) is 5.39 Å². The van der Waals surface area contributed by atoms with E-state index in [0.29, 0.717) is 16.6 Å². The van der Waals surface area contributed by atoms with Gasteiger partial charge in [-0.3, -0.25) is 15.0 Å². The number of thiophene rings is 1. The fourth-order valence-electron chi connectivity index (χ4n) is 3.25. The van der Waals surface area contributed by atoms with E-state index in [1.54, 1.807) is 0 Å². The molecule has 0 spiro atoms. The molecule has 146 valence electrons. The van der Waals surface area contributed by atoms with Crippen LogP contribution in [0.25, 0.3) is 21.3 Å². The number of amides is 1. The summed E-state index contributed by atoms with van der Waals surface area (Å²) in [7, 11) is 3.91. The molecule has 1 atom stereocenters. The number of fused-ring (bicyclic) bond motifs is 1. The second-order valence-corrected chi connectivity index (χ2v) is 10.4. The van der Waals surface area contributed by atoms with E-state index in [-0.39, 0.29) is 11.5 Å². The van der Waals surface area contributed by atoms with Crippen LogP contribution in [0.2, 0.25) is 0 Å². The van der Waals surface area contributed by atoms with Crippen molar-refractivity contribution in [3.63, 3.8) is 0 Å². The molecular formula is C20H21N3O2S3. The third-order valence-electron chi connectivity index (χ3n) is 4.73. The highest BCUT2D eigenvalue weighted by atomic mass is 33.1. The van der Waals surface area contributed by atoms with Gasteiger partial charge < -0.3 is 0 Å². The summed E-state index contributed by atoms with van der Waals surface area (Å²) in [5.74, 6) is 1.09. The Hall–Kier alpha value is -1.77. The van der Waals surface area contributed by atoms with Gasteiger partial charge in [0.15, 0.2) is 0 Å².